The Morgan fingerprint density at radius 2 is 1.43 bits per heavy atom. The molecule has 0 aromatic heterocycles. The fourth-order valence-corrected chi connectivity index (χ4v) is 9.41. The zero-order valence-corrected chi connectivity index (χ0v) is 26.8. The number of ether oxygens (including phenoxy) is 1. The summed E-state index contributed by atoms with van der Waals surface area (Å²) in [5.41, 5.74) is 3.39. The summed E-state index contributed by atoms with van der Waals surface area (Å²) in [7, 11) is 0. The second-order valence-electron chi connectivity index (χ2n) is 11.2. The highest BCUT2D eigenvalue weighted by Crippen LogP contribution is 2.77. The van der Waals surface area contributed by atoms with E-state index < -0.39 is 49.6 Å². The molecule has 0 unspecified atom stereocenters. The molecule has 220 valence electrons. The fourth-order valence-electron chi connectivity index (χ4n) is 6.48. The summed E-state index contributed by atoms with van der Waals surface area (Å²) in [6.45, 7) is 5.69. The Morgan fingerprint density at radius 1 is 0.833 bits per heavy atom. The van der Waals surface area contributed by atoms with Gasteiger partial charge in [-0.05, 0) is 61.7 Å². The molecule has 2 heterocycles. The molecule has 2 bridgehead atoms. The number of carbonyl (C=O) groups excluding carboxylic acids is 4. The molecule has 0 N–H and O–H groups in total. The number of aryl methyl sites for hydroxylation is 3. The summed E-state index contributed by atoms with van der Waals surface area (Å²) >= 11 is 39.4. The first-order valence-corrected chi connectivity index (χ1v) is 15.2. The van der Waals surface area contributed by atoms with E-state index in [1.807, 2.05) is 32.0 Å². The number of allylic oxidation sites excluding steroid dienone is 2. The van der Waals surface area contributed by atoms with Gasteiger partial charge in [-0.3, -0.25) is 19.2 Å². The predicted octanol–water partition coefficient (Wildman–Crippen LogP) is 6.52. The second kappa shape index (κ2) is 9.75. The van der Waals surface area contributed by atoms with Gasteiger partial charge in [0.1, 0.15) is 15.5 Å². The number of esters is 1. The Labute approximate surface area is 271 Å². The molecule has 0 spiro atoms. The maximum atomic E-state index is 13.7. The molecular weight excluding hydrogens is 669 g/mol. The number of rotatable bonds is 4. The van der Waals surface area contributed by atoms with E-state index >= 15 is 0 Å². The van der Waals surface area contributed by atoms with Gasteiger partial charge in [-0.15, -0.1) is 23.2 Å². The van der Waals surface area contributed by atoms with Gasteiger partial charge >= 0.3 is 5.97 Å². The van der Waals surface area contributed by atoms with Gasteiger partial charge in [0.25, 0.3) is 0 Å². The number of nitrogens with zero attached hydrogens (tertiary/aromatic N) is 2. The number of halogens is 6. The van der Waals surface area contributed by atoms with Crippen molar-refractivity contribution < 1.29 is 23.9 Å². The number of hydrogen-bond acceptors (Lipinski definition) is 5. The largest absolute Gasteiger partial charge is 0.426 e. The van der Waals surface area contributed by atoms with Gasteiger partial charge in [-0.25, -0.2) is 4.90 Å². The smallest absolute Gasteiger partial charge is 0.316 e. The van der Waals surface area contributed by atoms with Gasteiger partial charge in [0, 0.05) is 18.7 Å². The monoisotopic (exact) mass is 688 g/mol. The molecule has 7 nitrogen and oxygen atoms in total. The lowest BCUT2D eigenvalue weighted by molar-refractivity contribution is -0.139. The Bertz CT molecular complexity index is 1610. The van der Waals surface area contributed by atoms with Crippen molar-refractivity contribution >= 4 is 105 Å². The number of fused-ring (bicyclic) bond motifs is 5. The lowest BCUT2D eigenvalue weighted by Crippen LogP contribution is -2.50. The maximum absolute atomic E-state index is 13.7. The normalized spacial score (nSPS) is 31.5. The van der Waals surface area contributed by atoms with Gasteiger partial charge in [0.15, 0.2) is 4.33 Å². The first kappa shape index (κ1) is 30.0. The molecule has 13 heteroatoms. The van der Waals surface area contributed by atoms with Crippen molar-refractivity contribution in [3.05, 3.63) is 63.2 Å². The number of amides is 3. The Hall–Kier alpha value is -2.00. The Balaban J connectivity index is 1.22. The molecule has 4 aliphatic rings. The topological polar surface area (TPSA) is 84.0 Å². The average Bonchev–Trinajstić information content (AvgIpc) is 3.51. The highest BCUT2D eigenvalue weighted by atomic mass is 35.5. The van der Waals surface area contributed by atoms with Crippen LogP contribution < -0.4 is 14.5 Å². The number of anilines is 2. The van der Waals surface area contributed by atoms with Gasteiger partial charge in [0.05, 0.1) is 33.5 Å². The molecule has 3 amide bonds. The molecule has 42 heavy (non-hydrogen) atoms. The predicted molar refractivity (Wildman–Crippen MR) is 163 cm³/mol. The van der Waals surface area contributed by atoms with Crippen molar-refractivity contribution in [3.8, 4) is 5.75 Å². The fraction of sp³-hybridized carbons (Fsp3) is 0.379. The Morgan fingerprint density at radius 3 is 2.00 bits per heavy atom. The van der Waals surface area contributed by atoms with Crippen molar-refractivity contribution in [2.75, 3.05) is 16.3 Å². The van der Waals surface area contributed by atoms with Gasteiger partial charge < -0.3 is 9.64 Å². The molecular formula is C29H22Cl6N2O5. The third-order valence-electron chi connectivity index (χ3n) is 8.65. The van der Waals surface area contributed by atoms with E-state index in [2.05, 4.69) is 0 Å². The number of benzene rings is 2. The maximum Gasteiger partial charge on any atom is 0.316 e. The molecule has 6 rings (SSSR count). The zero-order chi connectivity index (χ0) is 30.7. The third kappa shape index (κ3) is 3.74. The molecule has 2 saturated heterocycles. The van der Waals surface area contributed by atoms with E-state index in [0.717, 1.165) is 21.7 Å². The third-order valence-corrected chi connectivity index (χ3v) is 12.9. The van der Waals surface area contributed by atoms with Crippen LogP contribution in [0.3, 0.4) is 0 Å². The van der Waals surface area contributed by atoms with Crippen LogP contribution in [0, 0.1) is 38.5 Å². The van der Waals surface area contributed by atoms with Crippen LogP contribution in [0.4, 0.5) is 11.4 Å². The van der Waals surface area contributed by atoms with Crippen molar-refractivity contribution in [2.45, 2.75) is 41.3 Å². The first-order chi connectivity index (χ1) is 19.6. The van der Waals surface area contributed by atoms with Crippen molar-refractivity contribution in [1.82, 2.24) is 0 Å². The van der Waals surface area contributed by atoms with Crippen LogP contribution >= 0.6 is 69.6 Å². The summed E-state index contributed by atoms with van der Waals surface area (Å²) < 4.78 is 3.60. The van der Waals surface area contributed by atoms with E-state index in [4.69, 9.17) is 74.3 Å². The second-order valence-corrected chi connectivity index (χ2v) is 14.4. The van der Waals surface area contributed by atoms with Crippen LogP contribution in [0.5, 0.6) is 5.75 Å². The van der Waals surface area contributed by atoms with Gasteiger partial charge in [-0.2, -0.15) is 0 Å². The van der Waals surface area contributed by atoms with Crippen LogP contribution in [0.2, 0.25) is 0 Å². The first-order valence-electron chi connectivity index (χ1n) is 13.0. The zero-order valence-electron chi connectivity index (χ0n) is 22.3. The number of imide groups is 1. The van der Waals surface area contributed by atoms with Crippen LogP contribution in [-0.4, -0.2) is 44.3 Å². The van der Waals surface area contributed by atoms with E-state index in [1.54, 1.807) is 11.8 Å². The van der Waals surface area contributed by atoms with E-state index in [0.29, 0.717) is 5.56 Å². The number of hydrogen-bond donors (Lipinski definition) is 0. The molecule has 2 aromatic rings. The minimum Gasteiger partial charge on any atom is -0.426 e. The number of carbonyl (C=O) groups is 4. The standard InChI is InChI=1S/C29H22Cl6N2O5/c1-12-4-5-13(2)18(8-12)36-11-15(10-19(36)38)26(41)42-16-6-7-17(14(3)9-16)37-24(39)20-21(25(37)40)28(33)23(31)22(30)27(20,32)29(28,34)35/h4-9,15,20-21H,10-11H2,1-3H3/t15-,20+,21+,27-,28-/m1/s1. The molecule has 5 atom stereocenters. The molecule has 2 aliphatic heterocycles. The molecule has 2 aliphatic carbocycles. The summed E-state index contributed by atoms with van der Waals surface area (Å²) in [6, 6.07) is 10.3. The Kier molecular flexibility index (Phi) is 6.97. The van der Waals surface area contributed by atoms with E-state index in [1.165, 1.54) is 18.2 Å². The lowest BCUT2D eigenvalue weighted by atomic mass is 9.84. The molecule has 1 saturated carbocycles. The summed E-state index contributed by atoms with van der Waals surface area (Å²) in [5, 5.41) is -0.342. The highest BCUT2D eigenvalue weighted by molar-refractivity contribution is 6.67. The van der Waals surface area contributed by atoms with Crippen molar-refractivity contribution in [2.24, 2.45) is 17.8 Å². The van der Waals surface area contributed by atoms with Gasteiger partial charge in [-0.1, -0.05) is 58.5 Å². The van der Waals surface area contributed by atoms with Crippen LogP contribution in [0.25, 0.3) is 0 Å². The van der Waals surface area contributed by atoms with E-state index in [9.17, 15) is 19.2 Å². The average molecular weight is 691 g/mol. The van der Waals surface area contributed by atoms with Crippen LogP contribution in [0.1, 0.15) is 23.1 Å². The summed E-state index contributed by atoms with van der Waals surface area (Å²) in [4.78, 5) is 51.9. The minimum atomic E-state index is -2.02. The summed E-state index contributed by atoms with van der Waals surface area (Å²) in [6.07, 6.45) is 0.0188. The van der Waals surface area contributed by atoms with Crippen molar-refractivity contribution in [3.63, 3.8) is 0 Å². The molecule has 0 radical (unpaired) electrons. The molecule has 2 aromatic carbocycles. The summed E-state index contributed by atoms with van der Waals surface area (Å²) in [5.74, 6) is -5.08. The quantitative estimate of drug-likeness (QED) is 0.158. The minimum absolute atomic E-state index is 0.0188. The van der Waals surface area contributed by atoms with Crippen LogP contribution in [0.15, 0.2) is 46.5 Å². The van der Waals surface area contributed by atoms with E-state index in [-0.39, 0.29) is 40.4 Å². The lowest BCUT2D eigenvalue weighted by Gasteiger charge is -2.34. The van der Waals surface area contributed by atoms with Gasteiger partial charge in [0.2, 0.25) is 17.7 Å². The highest BCUT2D eigenvalue weighted by Gasteiger charge is 2.87. The van der Waals surface area contributed by atoms with Crippen LogP contribution in [-0.2, 0) is 19.2 Å². The molecule has 3 fully saturated rings. The van der Waals surface area contributed by atoms with Crippen molar-refractivity contribution in [1.29, 1.82) is 0 Å². The number of alkyl halides is 4. The SMILES string of the molecule is Cc1ccc(C)c(N2C[C@H](C(=O)Oc3ccc(N4C(=O)[C@@H]5[C@@H](C4=O)[C@@]4(Cl)C(Cl)=C(Cl)[C@@]5(Cl)C4(Cl)Cl)c(C)c3)CC2=O)c1.